The molecule has 11 heteroatoms. The van der Waals surface area contributed by atoms with Crippen LogP contribution in [0.15, 0.2) is 77.7 Å². The lowest BCUT2D eigenvalue weighted by Crippen LogP contribution is -2.68. The van der Waals surface area contributed by atoms with Gasteiger partial charge in [0.15, 0.2) is 14.5 Å². The summed E-state index contributed by atoms with van der Waals surface area (Å²) in [6, 6.07) is 22.3. The summed E-state index contributed by atoms with van der Waals surface area (Å²) in [6.45, 7) is 17.6. The average molecular weight is 663 g/mol. The highest BCUT2D eigenvalue weighted by Crippen LogP contribution is 2.48. The van der Waals surface area contributed by atoms with E-state index in [9.17, 15) is 4.79 Å². The number of aromatic nitrogens is 2. The number of nitrogens with two attached hydrogens (primary N) is 1. The lowest BCUT2D eigenvalue weighted by Gasteiger charge is -2.47. The lowest BCUT2D eigenvalue weighted by molar-refractivity contribution is -0.108. The van der Waals surface area contributed by atoms with Crippen LogP contribution < -0.4 is 21.8 Å². The molecular formula is C32H45Cl2N3O4Si2. The topological polar surface area (TPSA) is 88.6 Å². The summed E-state index contributed by atoms with van der Waals surface area (Å²) in [7, 11) is -5.37. The van der Waals surface area contributed by atoms with Crippen LogP contribution in [0.3, 0.4) is 0 Å². The number of hydrogen-bond donors (Lipinski definition) is 1. The maximum Gasteiger partial charge on any atom is 0.351 e. The van der Waals surface area contributed by atoms with E-state index in [-0.39, 0.29) is 28.4 Å². The monoisotopic (exact) mass is 661 g/mol. The first-order valence-corrected chi connectivity index (χ1v) is 20.4. The summed E-state index contributed by atoms with van der Waals surface area (Å²) >= 11 is 14.1. The van der Waals surface area contributed by atoms with Crippen LogP contribution in [-0.4, -0.2) is 55.8 Å². The minimum Gasteiger partial charge on any atom is -0.409 e. The van der Waals surface area contributed by atoms with Gasteiger partial charge < -0.3 is 19.3 Å². The number of nitrogens with zero attached hydrogens (tertiary/aromatic N) is 2. The number of hydrogen-bond acceptors (Lipinski definition) is 6. The number of nitrogen functional groups attached to an aromatic ring is 1. The van der Waals surface area contributed by atoms with Crippen molar-refractivity contribution in [2.45, 2.75) is 88.0 Å². The van der Waals surface area contributed by atoms with E-state index >= 15 is 0 Å². The van der Waals surface area contributed by atoms with Gasteiger partial charge in [0, 0.05) is 6.20 Å². The number of alkyl halides is 2. The molecule has 1 aliphatic heterocycles. The Morgan fingerprint density at radius 3 is 1.93 bits per heavy atom. The molecule has 1 saturated heterocycles. The number of rotatable bonds is 9. The van der Waals surface area contributed by atoms with E-state index in [1.807, 2.05) is 36.4 Å². The van der Waals surface area contributed by atoms with Crippen molar-refractivity contribution in [1.29, 1.82) is 0 Å². The SMILES string of the molecule is CC(C)(C)[Si](C)(C)O[C@H]1[C@@H](Cl)[C@H](n2ccc(N)nc2=O)O[C@]1(CCl)CO[Si](c1ccccc1)(c1ccccc1)C(C)(C)C. The summed E-state index contributed by atoms with van der Waals surface area (Å²) in [4.78, 5) is 16.9. The quantitative estimate of drug-likeness (QED) is 0.227. The molecule has 0 amide bonds. The molecule has 0 unspecified atom stereocenters. The molecule has 1 aromatic heterocycles. The molecule has 43 heavy (non-hydrogen) atoms. The molecule has 1 aliphatic rings. The van der Waals surface area contributed by atoms with Gasteiger partial charge in [-0.05, 0) is 39.6 Å². The van der Waals surface area contributed by atoms with Gasteiger partial charge in [0.25, 0.3) is 8.32 Å². The Labute approximate surface area is 267 Å². The molecule has 0 saturated carbocycles. The second kappa shape index (κ2) is 12.4. The Hall–Kier alpha value is -1.99. The fourth-order valence-electron chi connectivity index (χ4n) is 5.56. The van der Waals surface area contributed by atoms with E-state index in [1.165, 1.54) is 4.57 Å². The summed E-state index contributed by atoms with van der Waals surface area (Å²) in [5.74, 6) is 0.166. The zero-order valence-corrected chi connectivity index (χ0v) is 29.9. The third-order valence-electron chi connectivity index (χ3n) is 8.97. The molecule has 2 heterocycles. The Kier molecular flexibility index (Phi) is 9.79. The van der Waals surface area contributed by atoms with Crippen molar-refractivity contribution in [2.24, 2.45) is 0 Å². The molecule has 0 spiro atoms. The molecule has 4 rings (SSSR count). The predicted octanol–water partition coefficient (Wildman–Crippen LogP) is 5.91. The van der Waals surface area contributed by atoms with Gasteiger partial charge in [0.1, 0.15) is 16.8 Å². The van der Waals surface area contributed by atoms with Crippen LogP contribution in [0.25, 0.3) is 0 Å². The van der Waals surface area contributed by atoms with E-state index in [4.69, 9.17) is 42.5 Å². The Morgan fingerprint density at radius 1 is 0.953 bits per heavy atom. The molecule has 4 atom stereocenters. The fourth-order valence-corrected chi connectivity index (χ4v) is 12.4. The maximum atomic E-state index is 13.0. The number of anilines is 1. The first-order chi connectivity index (χ1) is 20.0. The molecule has 234 valence electrons. The molecule has 2 N–H and O–H groups in total. The van der Waals surface area contributed by atoms with Gasteiger partial charge in [-0.15, -0.1) is 23.2 Å². The van der Waals surface area contributed by atoms with Crippen LogP contribution in [0, 0.1) is 0 Å². The minimum atomic E-state index is -2.97. The molecule has 0 aliphatic carbocycles. The van der Waals surface area contributed by atoms with Gasteiger partial charge in [-0.2, -0.15) is 4.98 Å². The van der Waals surface area contributed by atoms with E-state index in [2.05, 4.69) is 83.9 Å². The molecule has 1 fully saturated rings. The van der Waals surface area contributed by atoms with Crippen molar-refractivity contribution in [2.75, 3.05) is 18.2 Å². The Morgan fingerprint density at radius 2 is 1.49 bits per heavy atom. The number of ether oxygens (including phenoxy) is 1. The van der Waals surface area contributed by atoms with Gasteiger partial charge in [-0.25, -0.2) is 4.79 Å². The zero-order chi connectivity index (χ0) is 31.8. The standard InChI is InChI=1S/C32H45Cl2N3O4Si2/c1-30(2,3)42(7,8)41-27-26(34)28(37-20-19-25(35)36-29(37)38)40-32(27,21-33)22-39-43(31(4,5)6,23-15-11-9-12-16-23)24-17-13-10-14-18-24/h9-20,26-28H,21-22H2,1-8H3,(H2,35,36,38)/t26-,27+,28-,32-/m1/s1. The molecule has 3 aromatic rings. The van der Waals surface area contributed by atoms with Crippen molar-refractivity contribution in [3.63, 3.8) is 0 Å². The van der Waals surface area contributed by atoms with E-state index in [0.29, 0.717) is 0 Å². The van der Waals surface area contributed by atoms with Crippen LogP contribution in [-0.2, 0) is 13.6 Å². The Bertz CT molecular complexity index is 1410. The normalized spacial score (nSPS) is 23.4. The number of benzene rings is 2. The zero-order valence-electron chi connectivity index (χ0n) is 26.4. The Balaban J connectivity index is 1.87. The lowest BCUT2D eigenvalue weighted by atomic mass is 10.00. The van der Waals surface area contributed by atoms with E-state index in [0.717, 1.165) is 10.4 Å². The largest absolute Gasteiger partial charge is 0.409 e. The van der Waals surface area contributed by atoms with Crippen LogP contribution in [0.4, 0.5) is 5.82 Å². The van der Waals surface area contributed by atoms with Gasteiger partial charge in [-0.3, -0.25) is 4.57 Å². The van der Waals surface area contributed by atoms with Gasteiger partial charge in [-0.1, -0.05) is 102 Å². The van der Waals surface area contributed by atoms with Crippen LogP contribution in [0.2, 0.25) is 23.2 Å². The molecular weight excluding hydrogens is 617 g/mol. The highest BCUT2D eigenvalue weighted by atomic mass is 35.5. The van der Waals surface area contributed by atoms with Crippen molar-refractivity contribution >= 4 is 56.0 Å². The second-order valence-electron chi connectivity index (χ2n) is 13.9. The third kappa shape index (κ3) is 6.40. The van der Waals surface area contributed by atoms with Gasteiger partial charge in [0.05, 0.1) is 18.6 Å². The second-order valence-corrected chi connectivity index (χ2v) is 23.8. The molecule has 0 radical (unpaired) electrons. The maximum absolute atomic E-state index is 13.0. The van der Waals surface area contributed by atoms with Crippen LogP contribution in [0.5, 0.6) is 0 Å². The molecule has 0 bridgehead atoms. The molecule has 7 nitrogen and oxygen atoms in total. The van der Waals surface area contributed by atoms with Crippen molar-refractivity contribution in [3.8, 4) is 0 Å². The highest BCUT2D eigenvalue weighted by molar-refractivity contribution is 6.99. The predicted molar refractivity (Wildman–Crippen MR) is 182 cm³/mol. The smallest absolute Gasteiger partial charge is 0.351 e. The minimum absolute atomic E-state index is 0.0430. The summed E-state index contributed by atoms with van der Waals surface area (Å²) < 4.78 is 22.5. The van der Waals surface area contributed by atoms with E-state index < -0.39 is 45.6 Å². The van der Waals surface area contributed by atoms with Crippen LogP contribution >= 0.6 is 23.2 Å². The third-order valence-corrected chi connectivity index (χ3v) is 19.3. The summed E-state index contributed by atoms with van der Waals surface area (Å²) in [5, 5.41) is 1.14. The number of halogens is 2. The summed E-state index contributed by atoms with van der Waals surface area (Å²) in [5.41, 5.74) is 4.07. The van der Waals surface area contributed by atoms with Gasteiger partial charge >= 0.3 is 5.69 Å². The highest BCUT2D eigenvalue weighted by Gasteiger charge is 2.60. The van der Waals surface area contributed by atoms with Crippen molar-refractivity contribution in [3.05, 3.63) is 83.4 Å². The summed E-state index contributed by atoms with van der Waals surface area (Å²) in [6.07, 6.45) is 0.000255. The first-order valence-electron chi connectivity index (χ1n) is 14.6. The fraction of sp³-hybridized carbons (Fsp3) is 0.500. The van der Waals surface area contributed by atoms with E-state index in [1.54, 1.807) is 12.3 Å². The average Bonchev–Trinajstić information content (AvgIpc) is 3.20. The van der Waals surface area contributed by atoms with Crippen LogP contribution in [0.1, 0.15) is 47.8 Å². The molecule has 2 aromatic carbocycles. The van der Waals surface area contributed by atoms with Crippen molar-refractivity contribution in [1.82, 2.24) is 9.55 Å². The first kappa shape index (κ1) is 33.9. The van der Waals surface area contributed by atoms with Crippen molar-refractivity contribution < 1.29 is 13.6 Å². The van der Waals surface area contributed by atoms with Gasteiger partial charge in [0.2, 0.25) is 0 Å².